The normalized spacial score (nSPS) is 11.4. The molecule has 0 fully saturated rings. The van der Waals surface area contributed by atoms with Crippen molar-refractivity contribution in [2.24, 2.45) is 0 Å². The Kier molecular flexibility index (Phi) is 7.55. The third-order valence-corrected chi connectivity index (χ3v) is 10.6. The van der Waals surface area contributed by atoms with Gasteiger partial charge in [0.05, 0.1) is 5.69 Å². The van der Waals surface area contributed by atoms with E-state index in [-0.39, 0.29) is 0 Å². The third kappa shape index (κ3) is 5.51. The van der Waals surface area contributed by atoms with Crippen LogP contribution < -0.4 is 4.90 Å². The fourth-order valence-corrected chi connectivity index (χ4v) is 8.05. The van der Waals surface area contributed by atoms with Crippen molar-refractivity contribution in [3.8, 4) is 33.4 Å². The second-order valence-electron chi connectivity index (χ2n) is 13.7. The Balaban J connectivity index is 1.12. The monoisotopic (exact) mass is 673 g/mol. The molecule has 0 N–H and O–H groups in total. The minimum atomic E-state index is 1.10. The first kappa shape index (κ1) is 30.8. The lowest BCUT2D eigenvalue weighted by atomic mass is 9.93. The van der Waals surface area contributed by atoms with Gasteiger partial charge in [-0.25, -0.2) is 0 Å². The van der Waals surface area contributed by atoms with E-state index in [1.54, 1.807) is 0 Å². The van der Waals surface area contributed by atoms with Gasteiger partial charge in [-0.15, -0.1) is 0 Å². The van der Waals surface area contributed by atoms with Crippen molar-refractivity contribution in [1.82, 2.24) is 0 Å². The number of rotatable bonds is 6. The molecule has 0 aliphatic heterocycles. The van der Waals surface area contributed by atoms with Crippen LogP contribution in [0.4, 0.5) is 17.1 Å². The molecule has 0 atom stereocenters. The summed E-state index contributed by atoms with van der Waals surface area (Å²) in [5, 5.41) is 10.1. The van der Waals surface area contributed by atoms with Crippen molar-refractivity contribution in [2.45, 2.75) is 0 Å². The Bertz CT molecular complexity index is 2930. The van der Waals surface area contributed by atoms with E-state index in [2.05, 4.69) is 217 Å². The standard InChI is InChI=1S/C52H35N/c1-2-14-40-34-42(25-24-36(40)12-1)48-19-9-10-23-52(48)53(43-30-26-38(27-31-43)46-22-11-16-37-13-3-5-17-45(37)46)44-32-28-39(29-33-44)51-35-41-15-4-6-18-47(41)49-20-7-8-21-50(49)51/h1-35H. The van der Waals surface area contributed by atoms with Crippen LogP contribution >= 0.6 is 0 Å². The zero-order chi connectivity index (χ0) is 35.1. The number of para-hydroxylation sites is 1. The average Bonchev–Trinajstić information content (AvgIpc) is 3.24. The zero-order valence-corrected chi connectivity index (χ0v) is 29.2. The smallest absolute Gasteiger partial charge is 0.0540 e. The summed E-state index contributed by atoms with van der Waals surface area (Å²) in [6, 6.07) is 77.3. The molecule has 10 rings (SSSR count). The average molecular weight is 674 g/mol. The lowest BCUT2D eigenvalue weighted by molar-refractivity contribution is 1.28. The highest BCUT2D eigenvalue weighted by Gasteiger charge is 2.18. The molecule has 0 aliphatic rings. The SMILES string of the molecule is c1ccc(N(c2ccc(-c3cccc4ccccc34)cc2)c2ccc(-c3cc4ccccc4c4ccccc34)cc2)c(-c2ccc3ccccc3c2)c1. The molecule has 1 nitrogen and oxygen atoms in total. The van der Waals surface area contributed by atoms with E-state index in [4.69, 9.17) is 0 Å². The highest BCUT2D eigenvalue weighted by molar-refractivity contribution is 6.13. The molecule has 0 radical (unpaired) electrons. The van der Waals surface area contributed by atoms with Gasteiger partial charge in [-0.1, -0.05) is 170 Å². The zero-order valence-electron chi connectivity index (χ0n) is 29.2. The first-order chi connectivity index (χ1) is 26.3. The second kappa shape index (κ2) is 13.0. The molecule has 0 unspecified atom stereocenters. The first-order valence-electron chi connectivity index (χ1n) is 18.3. The quantitative estimate of drug-likeness (QED) is 0.159. The Hall–Kier alpha value is -6.96. The molecule has 0 heterocycles. The van der Waals surface area contributed by atoms with E-state index in [0.717, 1.165) is 17.1 Å². The van der Waals surface area contributed by atoms with E-state index in [1.165, 1.54) is 76.5 Å². The number of fused-ring (bicyclic) bond motifs is 5. The fraction of sp³-hybridized carbons (Fsp3) is 0. The van der Waals surface area contributed by atoms with Crippen LogP contribution in [0, 0.1) is 0 Å². The van der Waals surface area contributed by atoms with Gasteiger partial charge in [0.2, 0.25) is 0 Å². The second-order valence-corrected chi connectivity index (χ2v) is 13.7. The number of hydrogen-bond donors (Lipinski definition) is 0. The summed E-state index contributed by atoms with van der Waals surface area (Å²) in [5.41, 5.74) is 10.6. The minimum Gasteiger partial charge on any atom is -0.310 e. The summed E-state index contributed by atoms with van der Waals surface area (Å²) in [4.78, 5) is 2.40. The molecule has 0 spiro atoms. The molecule has 0 aliphatic carbocycles. The van der Waals surface area contributed by atoms with Gasteiger partial charge in [-0.2, -0.15) is 0 Å². The maximum atomic E-state index is 2.40. The molecular formula is C52H35N. The summed E-state index contributed by atoms with van der Waals surface area (Å²) in [5.74, 6) is 0. The molecule has 0 saturated heterocycles. The van der Waals surface area contributed by atoms with Crippen LogP contribution in [0.5, 0.6) is 0 Å². The molecule has 0 bridgehead atoms. The largest absolute Gasteiger partial charge is 0.310 e. The minimum absolute atomic E-state index is 1.10. The molecule has 0 amide bonds. The van der Waals surface area contributed by atoms with Crippen molar-refractivity contribution >= 4 is 60.2 Å². The van der Waals surface area contributed by atoms with Crippen LogP contribution in [0.15, 0.2) is 212 Å². The molecule has 10 aromatic carbocycles. The molecule has 10 aromatic rings. The van der Waals surface area contributed by atoms with E-state index in [1.807, 2.05) is 0 Å². The molecule has 0 aromatic heterocycles. The van der Waals surface area contributed by atoms with E-state index < -0.39 is 0 Å². The van der Waals surface area contributed by atoms with Gasteiger partial charge in [-0.05, 0) is 113 Å². The Morgan fingerprint density at radius 1 is 0.245 bits per heavy atom. The number of nitrogens with zero attached hydrogens (tertiary/aromatic N) is 1. The Morgan fingerprint density at radius 3 is 1.51 bits per heavy atom. The van der Waals surface area contributed by atoms with Crippen LogP contribution in [0.25, 0.3) is 76.5 Å². The van der Waals surface area contributed by atoms with Crippen LogP contribution in [-0.4, -0.2) is 0 Å². The van der Waals surface area contributed by atoms with Crippen LogP contribution in [0.3, 0.4) is 0 Å². The molecule has 53 heavy (non-hydrogen) atoms. The summed E-state index contributed by atoms with van der Waals surface area (Å²) in [6.45, 7) is 0. The maximum Gasteiger partial charge on any atom is 0.0540 e. The van der Waals surface area contributed by atoms with Crippen LogP contribution in [0.2, 0.25) is 0 Å². The van der Waals surface area contributed by atoms with Crippen LogP contribution in [0.1, 0.15) is 0 Å². The van der Waals surface area contributed by atoms with Crippen molar-refractivity contribution in [2.75, 3.05) is 4.90 Å². The Morgan fingerprint density at radius 2 is 0.755 bits per heavy atom. The van der Waals surface area contributed by atoms with Crippen LogP contribution in [-0.2, 0) is 0 Å². The Labute approximate surface area is 309 Å². The lowest BCUT2D eigenvalue weighted by Gasteiger charge is -2.28. The van der Waals surface area contributed by atoms with Gasteiger partial charge in [0.1, 0.15) is 0 Å². The summed E-state index contributed by atoms with van der Waals surface area (Å²) < 4.78 is 0. The number of anilines is 3. The summed E-state index contributed by atoms with van der Waals surface area (Å²) in [6.07, 6.45) is 0. The fourth-order valence-electron chi connectivity index (χ4n) is 8.05. The predicted octanol–water partition coefficient (Wildman–Crippen LogP) is 14.8. The third-order valence-electron chi connectivity index (χ3n) is 10.6. The highest BCUT2D eigenvalue weighted by Crippen LogP contribution is 2.43. The summed E-state index contributed by atoms with van der Waals surface area (Å²) >= 11 is 0. The number of benzene rings is 10. The number of hydrogen-bond acceptors (Lipinski definition) is 1. The van der Waals surface area contributed by atoms with E-state index in [9.17, 15) is 0 Å². The molecule has 1 heteroatoms. The van der Waals surface area contributed by atoms with E-state index >= 15 is 0 Å². The van der Waals surface area contributed by atoms with E-state index in [0.29, 0.717) is 0 Å². The summed E-state index contributed by atoms with van der Waals surface area (Å²) in [7, 11) is 0. The van der Waals surface area contributed by atoms with Gasteiger partial charge in [-0.3, -0.25) is 0 Å². The van der Waals surface area contributed by atoms with Gasteiger partial charge in [0, 0.05) is 16.9 Å². The van der Waals surface area contributed by atoms with Crippen molar-refractivity contribution in [1.29, 1.82) is 0 Å². The first-order valence-corrected chi connectivity index (χ1v) is 18.3. The van der Waals surface area contributed by atoms with Crippen molar-refractivity contribution < 1.29 is 0 Å². The topological polar surface area (TPSA) is 3.24 Å². The van der Waals surface area contributed by atoms with Gasteiger partial charge < -0.3 is 4.90 Å². The molecule has 0 saturated carbocycles. The van der Waals surface area contributed by atoms with Gasteiger partial charge in [0.15, 0.2) is 0 Å². The highest BCUT2D eigenvalue weighted by atomic mass is 15.1. The van der Waals surface area contributed by atoms with Gasteiger partial charge >= 0.3 is 0 Å². The van der Waals surface area contributed by atoms with Crippen molar-refractivity contribution in [3.05, 3.63) is 212 Å². The molecule has 248 valence electrons. The predicted molar refractivity (Wildman–Crippen MR) is 227 cm³/mol. The maximum absolute atomic E-state index is 2.40. The molecular weight excluding hydrogens is 639 g/mol. The van der Waals surface area contributed by atoms with Crippen molar-refractivity contribution in [3.63, 3.8) is 0 Å². The van der Waals surface area contributed by atoms with Gasteiger partial charge in [0.25, 0.3) is 0 Å². The lowest BCUT2D eigenvalue weighted by Crippen LogP contribution is -2.11.